The number of sulfonamides is 1. The van der Waals surface area contributed by atoms with E-state index in [0.29, 0.717) is 21.7 Å². The van der Waals surface area contributed by atoms with Gasteiger partial charge in [-0.2, -0.15) is 4.31 Å². The molecule has 5 heteroatoms. The summed E-state index contributed by atoms with van der Waals surface area (Å²) in [4.78, 5) is 0.311. The highest BCUT2D eigenvalue weighted by molar-refractivity contribution is 7.89. The van der Waals surface area contributed by atoms with Crippen molar-refractivity contribution in [2.24, 2.45) is 0 Å². The molecule has 2 N–H and O–H groups in total. The molecule has 1 aromatic rings. The lowest BCUT2D eigenvalue weighted by Gasteiger charge is -2.21. The summed E-state index contributed by atoms with van der Waals surface area (Å²) >= 11 is 0. The molecule has 104 valence electrons. The minimum Gasteiger partial charge on any atom is -0.399 e. The lowest BCUT2D eigenvalue weighted by molar-refractivity contribution is 0.473. The normalized spacial score (nSPS) is 11.5. The average Bonchev–Trinajstić information content (AvgIpc) is 2.26. The molecule has 1 rings (SSSR count). The van der Waals surface area contributed by atoms with Crippen molar-refractivity contribution in [1.82, 2.24) is 4.31 Å². The molecule has 0 fully saturated rings. The lowest BCUT2D eigenvalue weighted by Crippen LogP contribution is -2.32. The minimum absolute atomic E-state index is 0.248. The van der Waals surface area contributed by atoms with Crippen molar-refractivity contribution >= 4 is 15.7 Å². The Morgan fingerprint density at radius 2 is 1.58 bits per heavy atom. The summed E-state index contributed by atoms with van der Waals surface area (Å²) in [7, 11) is -3.57. The molecule has 0 amide bonds. The van der Waals surface area contributed by atoms with E-state index in [9.17, 15) is 8.42 Å². The number of anilines is 1. The lowest BCUT2D eigenvalue weighted by atomic mass is 10.1. The molecule has 0 unspecified atom stereocenters. The van der Waals surface area contributed by atoms with Crippen molar-refractivity contribution in [3.8, 4) is 0 Å². The van der Waals surface area contributed by atoms with Crippen molar-refractivity contribution < 1.29 is 8.42 Å². The van der Waals surface area contributed by atoms with Crippen LogP contribution >= 0.6 is 0 Å². The van der Waals surface area contributed by atoms with Gasteiger partial charge in [-0.25, -0.2) is 8.42 Å². The van der Waals surface area contributed by atoms with Gasteiger partial charge in [0.2, 0.25) is 10.0 Å². The van der Waals surface area contributed by atoms with E-state index in [2.05, 4.69) is 13.2 Å². The fourth-order valence-electron chi connectivity index (χ4n) is 2.08. The number of nitrogen functional groups attached to an aromatic ring is 1. The molecule has 19 heavy (non-hydrogen) atoms. The molecule has 0 saturated heterocycles. The summed E-state index contributed by atoms with van der Waals surface area (Å²) in [5, 5.41) is 0. The van der Waals surface area contributed by atoms with E-state index in [-0.39, 0.29) is 13.1 Å². The summed E-state index contributed by atoms with van der Waals surface area (Å²) < 4.78 is 26.6. The summed E-state index contributed by atoms with van der Waals surface area (Å²) in [6.45, 7) is 11.2. The van der Waals surface area contributed by atoms with Crippen LogP contribution in [0.5, 0.6) is 0 Å². The molecule has 0 saturated carbocycles. The molecule has 4 nitrogen and oxygen atoms in total. The largest absolute Gasteiger partial charge is 0.399 e. The van der Waals surface area contributed by atoms with Gasteiger partial charge >= 0.3 is 0 Å². The van der Waals surface area contributed by atoms with Gasteiger partial charge in [0.15, 0.2) is 0 Å². The highest BCUT2D eigenvalue weighted by atomic mass is 32.2. The summed E-state index contributed by atoms with van der Waals surface area (Å²) in [6.07, 6.45) is 3.12. The molecule has 0 aliphatic heterocycles. The molecular weight excluding hydrogens is 260 g/mol. The second-order valence-electron chi connectivity index (χ2n) is 4.38. The smallest absolute Gasteiger partial charge is 0.244 e. The maximum atomic E-state index is 12.7. The highest BCUT2D eigenvalue weighted by Gasteiger charge is 2.26. The molecule has 0 atom stereocenters. The predicted molar refractivity (Wildman–Crippen MR) is 79.5 cm³/mol. The summed E-state index contributed by atoms with van der Waals surface area (Å²) in [5.74, 6) is 0. The first kappa shape index (κ1) is 15.5. The van der Waals surface area contributed by atoms with Gasteiger partial charge in [0, 0.05) is 18.8 Å². The maximum absolute atomic E-state index is 12.7. The molecule has 0 aromatic heterocycles. The van der Waals surface area contributed by atoms with Crippen LogP contribution in [0.2, 0.25) is 0 Å². The zero-order valence-corrected chi connectivity index (χ0v) is 12.2. The second-order valence-corrected chi connectivity index (χ2v) is 6.26. The summed E-state index contributed by atoms with van der Waals surface area (Å²) in [6, 6.07) is 3.33. The van der Waals surface area contributed by atoms with Gasteiger partial charge < -0.3 is 5.73 Å². The van der Waals surface area contributed by atoms with Gasteiger partial charge in [0.1, 0.15) is 0 Å². The Hall–Kier alpha value is -1.59. The van der Waals surface area contributed by atoms with Gasteiger partial charge in [-0.3, -0.25) is 0 Å². The monoisotopic (exact) mass is 280 g/mol. The van der Waals surface area contributed by atoms with E-state index in [1.54, 1.807) is 38.1 Å². The van der Waals surface area contributed by atoms with Crippen molar-refractivity contribution in [3.05, 3.63) is 48.6 Å². The Labute approximate surface area is 115 Å². The van der Waals surface area contributed by atoms with Crippen molar-refractivity contribution in [2.45, 2.75) is 18.7 Å². The molecule has 0 spiro atoms. The van der Waals surface area contributed by atoms with E-state index in [1.165, 1.54) is 4.31 Å². The van der Waals surface area contributed by atoms with Crippen LogP contribution in [-0.2, 0) is 10.0 Å². The van der Waals surface area contributed by atoms with Crippen LogP contribution in [0, 0.1) is 13.8 Å². The summed E-state index contributed by atoms with van der Waals surface area (Å²) in [5.41, 5.74) is 7.58. The Morgan fingerprint density at radius 3 is 1.95 bits per heavy atom. The van der Waals surface area contributed by atoms with Crippen LogP contribution in [0.3, 0.4) is 0 Å². The third kappa shape index (κ3) is 3.24. The zero-order chi connectivity index (χ0) is 14.6. The number of hydrogen-bond acceptors (Lipinski definition) is 3. The molecule has 0 heterocycles. The van der Waals surface area contributed by atoms with Gasteiger partial charge in [0.05, 0.1) is 4.90 Å². The van der Waals surface area contributed by atoms with Gasteiger partial charge in [-0.1, -0.05) is 12.2 Å². The van der Waals surface area contributed by atoms with Crippen molar-refractivity contribution in [2.75, 3.05) is 18.8 Å². The quantitative estimate of drug-likeness (QED) is 0.642. The number of nitrogens with zero attached hydrogens (tertiary/aromatic N) is 1. The Balaban J connectivity index is 3.40. The van der Waals surface area contributed by atoms with Crippen LogP contribution in [0.1, 0.15) is 11.1 Å². The Morgan fingerprint density at radius 1 is 1.16 bits per heavy atom. The predicted octanol–water partition coefficient (Wildman–Crippen LogP) is 2.25. The average molecular weight is 280 g/mol. The zero-order valence-electron chi connectivity index (χ0n) is 11.4. The molecular formula is C14H20N2O2S. The van der Waals surface area contributed by atoms with Crippen LogP contribution in [0.25, 0.3) is 0 Å². The highest BCUT2D eigenvalue weighted by Crippen LogP contribution is 2.26. The molecule has 0 radical (unpaired) electrons. The third-order valence-corrected chi connectivity index (χ3v) is 4.88. The number of nitrogens with two attached hydrogens (primary N) is 1. The van der Waals surface area contributed by atoms with E-state index in [4.69, 9.17) is 5.73 Å². The Bertz CT molecular complexity index is 558. The number of rotatable bonds is 6. The topological polar surface area (TPSA) is 63.4 Å². The van der Waals surface area contributed by atoms with Crippen molar-refractivity contribution in [1.29, 1.82) is 0 Å². The minimum atomic E-state index is -3.57. The van der Waals surface area contributed by atoms with Crippen LogP contribution < -0.4 is 5.73 Å². The van der Waals surface area contributed by atoms with Gasteiger partial charge in [-0.15, -0.1) is 13.2 Å². The van der Waals surface area contributed by atoms with E-state index >= 15 is 0 Å². The third-order valence-electron chi connectivity index (χ3n) is 2.75. The van der Waals surface area contributed by atoms with Gasteiger partial charge in [0.25, 0.3) is 0 Å². The van der Waals surface area contributed by atoms with E-state index in [1.807, 2.05) is 0 Å². The standard InChI is InChI=1S/C14H20N2O2S/c1-5-7-16(8-6-2)19(17,18)14-11(3)9-13(15)10-12(14)4/h5-6,9-10H,1-2,7-8,15H2,3-4H3. The maximum Gasteiger partial charge on any atom is 0.244 e. The second kappa shape index (κ2) is 6.04. The first-order valence-corrected chi connectivity index (χ1v) is 7.37. The van der Waals surface area contributed by atoms with Gasteiger partial charge in [-0.05, 0) is 37.1 Å². The molecule has 0 aliphatic rings. The van der Waals surface area contributed by atoms with Crippen LogP contribution in [0.15, 0.2) is 42.3 Å². The fourth-order valence-corrected chi connectivity index (χ4v) is 3.87. The number of benzene rings is 1. The molecule has 0 bridgehead atoms. The van der Waals surface area contributed by atoms with Crippen LogP contribution in [0.4, 0.5) is 5.69 Å². The SMILES string of the molecule is C=CCN(CC=C)S(=O)(=O)c1c(C)cc(N)cc1C. The molecule has 1 aromatic carbocycles. The Kier molecular flexibility index (Phi) is 4.91. The number of aryl methyl sites for hydroxylation is 2. The first-order chi connectivity index (χ1) is 8.84. The number of hydrogen-bond donors (Lipinski definition) is 1. The van der Waals surface area contributed by atoms with E-state index < -0.39 is 10.0 Å². The van der Waals surface area contributed by atoms with Crippen LogP contribution in [-0.4, -0.2) is 25.8 Å². The van der Waals surface area contributed by atoms with E-state index in [0.717, 1.165) is 0 Å². The fraction of sp³-hybridized carbons (Fsp3) is 0.286. The first-order valence-electron chi connectivity index (χ1n) is 5.93. The van der Waals surface area contributed by atoms with Crippen molar-refractivity contribution in [3.63, 3.8) is 0 Å². The molecule has 0 aliphatic carbocycles.